The van der Waals surface area contributed by atoms with E-state index >= 15 is 0 Å². The van der Waals surface area contributed by atoms with Crippen LogP contribution >= 0.6 is 0 Å². The molecule has 0 spiro atoms. The average molecular weight is 366 g/mol. The van der Waals surface area contributed by atoms with Gasteiger partial charge in [-0.25, -0.2) is 5.43 Å². The summed E-state index contributed by atoms with van der Waals surface area (Å²) in [7, 11) is 0. The number of nitro benzene ring substituents is 1. The van der Waals surface area contributed by atoms with Crippen LogP contribution in [0, 0.1) is 10.1 Å². The molecule has 1 heterocycles. The van der Waals surface area contributed by atoms with Crippen molar-refractivity contribution in [3.63, 3.8) is 0 Å². The van der Waals surface area contributed by atoms with Crippen LogP contribution in [0.15, 0.2) is 59.7 Å². The van der Waals surface area contributed by atoms with Gasteiger partial charge in [-0.1, -0.05) is 42.5 Å². The van der Waals surface area contributed by atoms with Crippen LogP contribution < -0.4 is 5.43 Å². The van der Waals surface area contributed by atoms with E-state index < -0.39 is 4.92 Å². The van der Waals surface area contributed by atoms with Crippen LogP contribution in [0.3, 0.4) is 0 Å². The summed E-state index contributed by atoms with van der Waals surface area (Å²) < 4.78 is 0. The average Bonchev–Trinajstić information content (AvgIpc) is 2.69. The molecular formula is C20H22N4O3. The highest BCUT2D eigenvalue weighted by Crippen LogP contribution is 2.13. The Morgan fingerprint density at radius 1 is 1.04 bits per heavy atom. The molecule has 0 radical (unpaired) electrons. The van der Waals surface area contributed by atoms with Crippen LogP contribution in [0.25, 0.3) is 0 Å². The van der Waals surface area contributed by atoms with E-state index in [1.54, 1.807) is 12.1 Å². The minimum absolute atomic E-state index is 0.0154. The number of piperidine rings is 1. The van der Waals surface area contributed by atoms with Gasteiger partial charge in [0, 0.05) is 50.3 Å². The van der Waals surface area contributed by atoms with Gasteiger partial charge >= 0.3 is 0 Å². The van der Waals surface area contributed by atoms with Gasteiger partial charge in [0.15, 0.2) is 0 Å². The second kappa shape index (κ2) is 9.05. The molecule has 27 heavy (non-hydrogen) atoms. The summed E-state index contributed by atoms with van der Waals surface area (Å²) in [5.41, 5.74) is 5.63. The highest BCUT2D eigenvalue weighted by Gasteiger charge is 2.15. The Labute approximate surface area is 157 Å². The Kier molecular flexibility index (Phi) is 6.27. The Bertz CT molecular complexity index is 809. The number of rotatable bonds is 6. The molecule has 0 aliphatic carbocycles. The number of non-ortho nitro benzene ring substituents is 1. The molecule has 7 heteroatoms. The topological polar surface area (TPSA) is 87.8 Å². The molecule has 2 aromatic rings. The summed E-state index contributed by atoms with van der Waals surface area (Å²) in [6.45, 7) is 2.78. The van der Waals surface area contributed by atoms with E-state index in [4.69, 9.17) is 0 Å². The highest BCUT2D eigenvalue weighted by molar-refractivity contribution is 5.87. The van der Waals surface area contributed by atoms with Crippen LogP contribution in [-0.4, -0.2) is 34.5 Å². The highest BCUT2D eigenvalue weighted by atomic mass is 16.6. The standard InChI is InChI=1S/C20H22N4O3/c25-20(14-16-6-8-19(9-7-16)24(26)27)22-21-18-10-12-23(13-11-18)15-17-4-2-1-3-5-17/h1-9H,10-15H2,(H,22,25). The van der Waals surface area contributed by atoms with Gasteiger partial charge in [0.25, 0.3) is 5.69 Å². The number of hydrogen-bond acceptors (Lipinski definition) is 5. The maximum absolute atomic E-state index is 12.0. The van der Waals surface area contributed by atoms with Gasteiger partial charge in [-0.05, 0) is 11.1 Å². The zero-order chi connectivity index (χ0) is 19.1. The van der Waals surface area contributed by atoms with Gasteiger partial charge in [-0.15, -0.1) is 0 Å². The molecule has 1 amide bonds. The number of nitrogens with zero attached hydrogens (tertiary/aromatic N) is 3. The SMILES string of the molecule is O=C(Cc1ccc([N+](=O)[O-])cc1)NN=C1CCN(Cc2ccccc2)CC1. The van der Waals surface area contributed by atoms with Crippen LogP contribution in [-0.2, 0) is 17.8 Å². The van der Waals surface area contributed by atoms with E-state index in [-0.39, 0.29) is 18.0 Å². The molecule has 0 aromatic heterocycles. The van der Waals surface area contributed by atoms with Crippen molar-refractivity contribution in [1.82, 2.24) is 10.3 Å². The lowest BCUT2D eigenvalue weighted by molar-refractivity contribution is -0.384. The number of amides is 1. The lowest BCUT2D eigenvalue weighted by atomic mass is 10.1. The lowest BCUT2D eigenvalue weighted by Gasteiger charge is -2.27. The molecule has 0 atom stereocenters. The summed E-state index contributed by atoms with van der Waals surface area (Å²) in [5.74, 6) is -0.219. The summed E-state index contributed by atoms with van der Waals surface area (Å²) in [6, 6.07) is 16.3. The second-order valence-corrected chi connectivity index (χ2v) is 6.58. The molecule has 0 bridgehead atoms. The van der Waals surface area contributed by atoms with E-state index in [1.807, 2.05) is 18.2 Å². The zero-order valence-electron chi connectivity index (χ0n) is 15.0. The van der Waals surface area contributed by atoms with E-state index in [1.165, 1.54) is 17.7 Å². The van der Waals surface area contributed by atoms with Gasteiger partial charge in [-0.3, -0.25) is 19.8 Å². The molecule has 2 aromatic carbocycles. The predicted octanol–water partition coefficient (Wildman–Crippen LogP) is 2.91. The predicted molar refractivity (Wildman–Crippen MR) is 103 cm³/mol. The number of hydrogen-bond donors (Lipinski definition) is 1. The van der Waals surface area contributed by atoms with E-state index in [0.717, 1.165) is 43.8 Å². The first-order chi connectivity index (χ1) is 13.1. The molecule has 7 nitrogen and oxygen atoms in total. The van der Waals surface area contributed by atoms with E-state index in [9.17, 15) is 14.9 Å². The van der Waals surface area contributed by atoms with Crippen molar-refractivity contribution in [2.24, 2.45) is 5.10 Å². The normalized spacial score (nSPS) is 14.6. The van der Waals surface area contributed by atoms with Crippen LogP contribution in [0.2, 0.25) is 0 Å². The van der Waals surface area contributed by atoms with E-state index in [2.05, 4.69) is 27.6 Å². The van der Waals surface area contributed by atoms with Crippen molar-refractivity contribution in [3.8, 4) is 0 Å². The van der Waals surface area contributed by atoms with Gasteiger partial charge in [0.1, 0.15) is 0 Å². The third-order valence-electron chi connectivity index (χ3n) is 4.53. The maximum atomic E-state index is 12.0. The Hall–Kier alpha value is -3.06. The van der Waals surface area contributed by atoms with Crippen molar-refractivity contribution < 1.29 is 9.72 Å². The number of nitrogens with one attached hydrogen (secondary N) is 1. The Morgan fingerprint density at radius 3 is 2.33 bits per heavy atom. The van der Waals surface area contributed by atoms with E-state index in [0.29, 0.717) is 0 Å². The van der Waals surface area contributed by atoms with Gasteiger partial charge < -0.3 is 0 Å². The fourth-order valence-electron chi connectivity index (χ4n) is 3.02. The summed E-state index contributed by atoms with van der Waals surface area (Å²) >= 11 is 0. The molecule has 1 N–H and O–H groups in total. The molecule has 1 aliphatic rings. The Morgan fingerprint density at radius 2 is 1.70 bits per heavy atom. The largest absolute Gasteiger partial charge is 0.298 e. The van der Waals surface area contributed by atoms with Crippen molar-refractivity contribution in [3.05, 3.63) is 75.8 Å². The second-order valence-electron chi connectivity index (χ2n) is 6.58. The van der Waals surface area contributed by atoms with Crippen LogP contribution in [0.1, 0.15) is 24.0 Å². The molecule has 1 saturated heterocycles. The maximum Gasteiger partial charge on any atom is 0.269 e. The first kappa shape index (κ1) is 18.7. The Balaban J connectivity index is 1.43. The van der Waals surface area contributed by atoms with Gasteiger partial charge in [-0.2, -0.15) is 5.10 Å². The summed E-state index contributed by atoms with van der Waals surface area (Å²) in [5, 5.41) is 14.9. The number of likely N-dealkylation sites (tertiary alicyclic amines) is 1. The number of benzene rings is 2. The third kappa shape index (κ3) is 5.72. The number of hydrazone groups is 1. The van der Waals surface area contributed by atoms with Gasteiger partial charge in [0.2, 0.25) is 5.91 Å². The van der Waals surface area contributed by atoms with Crippen molar-refractivity contribution in [2.75, 3.05) is 13.1 Å². The van der Waals surface area contributed by atoms with Crippen molar-refractivity contribution in [2.45, 2.75) is 25.8 Å². The van der Waals surface area contributed by atoms with Gasteiger partial charge in [0.05, 0.1) is 11.3 Å². The molecule has 0 saturated carbocycles. The number of carbonyl (C=O) groups excluding carboxylic acids is 1. The number of carbonyl (C=O) groups is 1. The van der Waals surface area contributed by atoms with Crippen LogP contribution in [0.4, 0.5) is 5.69 Å². The molecule has 0 unspecified atom stereocenters. The quantitative estimate of drug-likeness (QED) is 0.629. The summed E-state index contributed by atoms with van der Waals surface area (Å²) in [4.78, 5) is 24.6. The fraction of sp³-hybridized carbons (Fsp3) is 0.300. The van der Waals surface area contributed by atoms with Crippen molar-refractivity contribution in [1.29, 1.82) is 0 Å². The zero-order valence-corrected chi connectivity index (χ0v) is 15.0. The van der Waals surface area contributed by atoms with Crippen molar-refractivity contribution >= 4 is 17.3 Å². The smallest absolute Gasteiger partial charge is 0.269 e. The fourth-order valence-corrected chi connectivity index (χ4v) is 3.02. The minimum atomic E-state index is -0.458. The number of nitro groups is 1. The van der Waals surface area contributed by atoms with Crippen LogP contribution in [0.5, 0.6) is 0 Å². The third-order valence-corrected chi connectivity index (χ3v) is 4.53. The monoisotopic (exact) mass is 366 g/mol. The molecule has 1 aliphatic heterocycles. The summed E-state index contributed by atoms with van der Waals surface area (Å²) in [6.07, 6.45) is 1.82. The first-order valence-corrected chi connectivity index (χ1v) is 8.94. The molecule has 140 valence electrons. The molecule has 1 fully saturated rings. The molecule has 3 rings (SSSR count). The molecular weight excluding hydrogens is 344 g/mol. The minimum Gasteiger partial charge on any atom is -0.298 e. The first-order valence-electron chi connectivity index (χ1n) is 8.94. The lowest BCUT2D eigenvalue weighted by Crippen LogP contribution is -2.34.